The highest BCUT2D eigenvalue weighted by Crippen LogP contribution is 2.16. The number of carbonyl (C=O) groups excluding carboxylic acids is 1. The van der Waals surface area contributed by atoms with Gasteiger partial charge in [0.1, 0.15) is 31.4 Å². The number of quaternary nitrogens is 1. The van der Waals surface area contributed by atoms with Gasteiger partial charge in [0.05, 0.1) is 20.6 Å². The van der Waals surface area contributed by atoms with Crippen LogP contribution in [0, 0.1) is 5.92 Å². The number of ether oxygens (including phenoxy) is 2. The molecule has 2 aromatic carbocycles. The Labute approximate surface area is 201 Å². The number of benzene rings is 2. The predicted octanol–water partition coefficient (Wildman–Crippen LogP) is 6.42. The number of hydrogen-bond donors (Lipinski definition) is 0. The van der Waals surface area contributed by atoms with Crippen LogP contribution in [0.3, 0.4) is 0 Å². The van der Waals surface area contributed by atoms with Crippen molar-refractivity contribution >= 4 is 5.97 Å². The van der Waals surface area contributed by atoms with E-state index in [0.717, 1.165) is 29.7 Å². The van der Waals surface area contributed by atoms with E-state index in [1.54, 1.807) is 0 Å². The summed E-state index contributed by atoms with van der Waals surface area (Å²) in [4.78, 5) is 12.4. The molecule has 1 unspecified atom stereocenters. The molecule has 182 valence electrons. The second-order valence-electron chi connectivity index (χ2n) is 9.84. The molecular weight excluding hydrogens is 410 g/mol. The molecule has 1 atom stereocenters. The summed E-state index contributed by atoms with van der Waals surface area (Å²) in [7, 11) is 4.30. The number of carbonyl (C=O) groups is 1. The first-order chi connectivity index (χ1) is 15.9. The zero-order chi connectivity index (χ0) is 23.9. The van der Waals surface area contributed by atoms with Gasteiger partial charge in [-0.25, -0.2) is 0 Å². The molecule has 4 nitrogen and oxygen atoms in total. The molecular formula is C29H44NO3+. The van der Waals surface area contributed by atoms with Crippen LogP contribution in [0.25, 0.3) is 0 Å². The minimum atomic E-state index is -0.162. The summed E-state index contributed by atoms with van der Waals surface area (Å²) in [5.74, 6) is 0.503. The monoisotopic (exact) mass is 454 g/mol. The molecule has 0 aliphatic rings. The highest BCUT2D eigenvalue weighted by Gasteiger charge is 2.25. The van der Waals surface area contributed by atoms with Crippen LogP contribution in [0.4, 0.5) is 0 Å². The van der Waals surface area contributed by atoms with Crippen LogP contribution >= 0.6 is 0 Å². The van der Waals surface area contributed by atoms with Gasteiger partial charge >= 0.3 is 5.97 Å². The van der Waals surface area contributed by atoms with Crippen LogP contribution in [0.15, 0.2) is 54.6 Å². The van der Waals surface area contributed by atoms with Gasteiger partial charge < -0.3 is 14.0 Å². The smallest absolute Gasteiger partial charge is 0.314 e. The van der Waals surface area contributed by atoms with Gasteiger partial charge in [0.25, 0.3) is 0 Å². The summed E-state index contributed by atoms with van der Waals surface area (Å²) >= 11 is 0. The van der Waals surface area contributed by atoms with Crippen LogP contribution in [-0.2, 0) is 22.5 Å². The maximum atomic E-state index is 12.4. The topological polar surface area (TPSA) is 35.5 Å². The fourth-order valence-electron chi connectivity index (χ4n) is 4.26. The fraction of sp³-hybridized carbons (Fsp3) is 0.552. The van der Waals surface area contributed by atoms with Gasteiger partial charge in [-0.1, -0.05) is 81.5 Å². The van der Waals surface area contributed by atoms with E-state index in [-0.39, 0.29) is 18.5 Å². The molecule has 0 saturated heterocycles. The molecule has 0 aromatic heterocycles. The molecule has 0 N–H and O–H groups in total. The number of nitrogens with zero attached hydrogens (tertiary/aromatic N) is 1. The zero-order valence-corrected chi connectivity index (χ0v) is 21.2. The summed E-state index contributed by atoms with van der Waals surface area (Å²) < 4.78 is 12.0. The van der Waals surface area contributed by atoms with Crippen molar-refractivity contribution in [3.05, 3.63) is 65.7 Å². The van der Waals surface area contributed by atoms with E-state index in [1.165, 1.54) is 49.7 Å². The Balaban J connectivity index is 1.61. The lowest BCUT2D eigenvalue weighted by molar-refractivity contribution is -0.905. The average molecular weight is 455 g/mol. The summed E-state index contributed by atoms with van der Waals surface area (Å²) in [6, 6.07) is 18.7. The summed E-state index contributed by atoms with van der Waals surface area (Å²) in [6.45, 7) is 6.45. The second-order valence-corrected chi connectivity index (χ2v) is 9.84. The molecule has 4 heteroatoms. The molecule has 0 amide bonds. The van der Waals surface area contributed by atoms with Crippen molar-refractivity contribution in [1.82, 2.24) is 0 Å². The first kappa shape index (κ1) is 26.9. The van der Waals surface area contributed by atoms with E-state index < -0.39 is 0 Å². The Morgan fingerprint density at radius 2 is 1.52 bits per heavy atom. The number of aryl methyl sites for hydroxylation is 1. The van der Waals surface area contributed by atoms with E-state index in [1.807, 2.05) is 25.1 Å². The van der Waals surface area contributed by atoms with Crippen molar-refractivity contribution in [2.24, 2.45) is 5.92 Å². The van der Waals surface area contributed by atoms with Crippen LogP contribution in [-0.4, -0.2) is 44.3 Å². The van der Waals surface area contributed by atoms with E-state index in [2.05, 4.69) is 57.4 Å². The Bertz CT molecular complexity index is 786. The average Bonchev–Trinajstić information content (AvgIpc) is 2.79. The molecule has 0 aliphatic carbocycles. The quantitative estimate of drug-likeness (QED) is 0.167. The van der Waals surface area contributed by atoms with Crippen LogP contribution < -0.4 is 4.74 Å². The predicted molar refractivity (Wildman–Crippen MR) is 136 cm³/mol. The third-order valence-electron chi connectivity index (χ3n) is 5.96. The number of hydrogen-bond acceptors (Lipinski definition) is 3. The Hall–Kier alpha value is -2.33. The van der Waals surface area contributed by atoms with Crippen LogP contribution in [0.1, 0.15) is 63.5 Å². The molecule has 0 bridgehead atoms. The van der Waals surface area contributed by atoms with Crippen molar-refractivity contribution in [1.29, 1.82) is 0 Å². The maximum Gasteiger partial charge on any atom is 0.314 e. The minimum Gasteiger partial charge on any atom is -0.490 e. The van der Waals surface area contributed by atoms with E-state index in [4.69, 9.17) is 9.47 Å². The molecule has 33 heavy (non-hydrogen) atoms. The van der Waals surface area contributed by atoms with Gasteiger partial charge in [0, 0.05) is 5.56 Å². The van der Waals surface area contributed by atoms with Crippen LogP contribution in [0.5, 0.6) is 5.75 Å². The molecule has 2 rings (SSSR count). The van der Waals surface area contributed by atoms with E-state index in [9.17, 15) is 4.79 Å². The van der Waals surface area contributed by atoms with Crippen molar-refractivity contribution in [3.63, 3.8) is 0 Å². The lowest BCUT2D eigenvalue weighted by Gasteiger charge is -2.31. The van der Waals surface area contributed by atoms with E-state index >= 15 is 0 Å². The molecule has 0 radical (unpaired) electrons. The molecule has 2 aromatic rings. The standard InChI is InChI=1S/C29H44NO3/c1-5-6-7-8-9-11-14-26-17-19-28(20-18-26)32-21-22-33-29(31)25(2)23-30(3,4)24-27-15-12-10-13-16-27/h10,12-13,15-20,25H,5-9,11,14,21-24H2,1-4H3/q+1. The lowest BCUT2D eigenvalue weighted by Crippen LogP contribution is -2.44. The number of unbranched alkanes of at least 4 members (excludes halogenated alkanes) is 5. The van der Waals surface area contributed by atoms with Gasteiger partial charge in [0.15, 0.2) is 0 Å². The molecule has 0 heterocycles. The van der Waals surface area contributed by atoms with Crippen molar-refractivity contribution in [2.75, 3.05) is 33.9 Å². The molecule has 0 fully saturated rings. The van der Waals surface area contributed by atoms with Crippen molar-refractivity contribution in [3.8, 4) is 5.75 Å². The Morgan fingerprint density at radius 1 is 0.848 bits per heavy atom. The summed E-state index contributed by atoms with van der Waals surface area (Å²) in [5, 5.41) is 0. The van der Waals surface area contributed by atoms with Crippen molar-refractivity contribution < 1.29 is 18.8 Å². The zero-order valence-electron chi connectivity index (χ0n) is 21.2. The van der Waals surface area contributed by atoms with Gasteiger partial charge in [-0.3, -0.25) is 4.79 Å². The SMILES string of the molecule is CCCCCCCCc1ccc(OCCOC(=O)C(C)C[N+](C)(C)Cc2ccccc2)cc1. The largest absolute Gasteiger partial charge is 0.490 e. The third kappa shape index (κ3) is 11.4. The highest BCUT2D eigenvalue weighted by atomic mass is 16.6. The highest BCUT2D eigenvalue weighted by molar-refractivity contribution is 5.72. The maximum absolute atomic E-state index is 12.4. The minimum absolute atomic E-state index is 0.160. The van der Waals surface area contributed by atoms with Gasteiger partial charge in [-0.2, -0.15) is 0 Å². The second kappa shape index (κ2) is 14.7. The number of rotatable bonds is 16. The third-order valence-corrected chi connectivity index (χ3v) is 5.96. The first-order valence-corrected chi connectivity index (χ1v) is 12.6. The lowest BCUT2D eigenvalue weighted by atomic mass is 10.0. The van der Waals surface area contributed by atoms with Gasteiger partial charge in [-0.15, -0.1) is 0 Å². The molecule has 0 aliphatic heterocycles. The first-order valence-electron chi connectivity index (χ1n) is 12.6. The number of esters is 1. The van der Waals surface area contributed by atoms with Gasteiger partial charge in [-0.05, 0) is 37.5 Å². The normalized spacial score (nSPS) is 12.4. The Morgan fingerprint density at radius 3 is 2.21 bits per heavy atom. The van der Waals surface area contributed by atoms with Crippen LogP contribution in [0.2, 0.25) is 0 Å². The Kier molecular flexibility index (Phi) is 12.0. The van der Waals surface area contributed by atoms with E-state index in [0.29, 0.717) is 6.61 Å². The fourth-order valence-corrected chi connectivity index (χ4v) is 4.26. The summed E-state index contributed by atoms with van der Waals surface area (Å²) in [5.41, 5.74) is 2.63. The molecule has 0 saturated carbocycles. The van der Waals surface area contributed by atoms with Gasteiger partial charge in [0.2, 0.25) is 0 Å². The molecule has 0 spiro atoms. The summed E-state index contributed by atoms with van der Waals surface area (Å²) in [6.07, 6.45) is 9.04. The van der Waals surface area contributed by atoms with Crippen molar-refractivity contribution in [2.45, 2.75) is 65.3 Å².